The van der Waals surface area contributed by atoms with Crippen molar-refractivity contribution in [3.63, 3.8) is 0 Å². The van der Waals surface area contributed by atoms with Gasteiger partial charge in [0.05, 0.1) is 0 Å². The first-order chi connectivity index (χ1) is 13.3. The van der Waals surface area contributed by atoms with Crippen LogP contribution in [-0.2, 0) is 6.42 Å². The minimum Gasteiger partial charge on any atom is -0.194 e. The molecule has 0 spiro atoms. The average Bonchev–Trinajstić information content (AvgIpc) is 2.66. The van der Waals surface area contributed by atoms with Crippen molar-refractivity contribution in [1.82, 2.24) is 0 Å². The Bertz CT molecular complexity index is 719. The first-order valence-electron chi connectivity index (χ1n) is 10.6. The van der Waals surface area contributed by atoms with Gasteiger partial charge in [0.1, 0.15) is 0 Å². The molecule has 0 bridgehead atoms. The van der Waals surface area contributed by atoms with Crippen LogP contribution in [0, 0.1) is 11.8 Å². The number of hydrogen-bond donors (Lipinski definition) is 0. The number of aryl methyl sites for hydroxylation is 1. The summed E-state index contributed by atoms with van der Waals surface area (Å²) in [6.07, 6.45) is 9.33. The lowest BCUT2D eigenvalue weighted by atomic mass is 9.72. The van der Waals surface area contributed by atoms with E-state index < -0.39 is 23.3 Å². The lowest BCUT2D eigenvalue weighted by Gasteiger charge is -2.39. The molecule has 1 aromatic rings. The summed E-state index contributed by atoms with van der Waals surface area (Å²) in [5.41, 5.74) is 0.243. The zero-order chi connectivity index (χ0) is 20.4. The highest BCUT2D eigenvalue weighted by molar-refractivity contribution is 5.76. The summed E-state index contributed by atoms with van der Waals surface area (Å²) in [6.45, 7) is 4.15. The van der Waals surface area contributed by atoms with Gasteiger partial charge in [-0.05, 0) is 55.1 Å². The van der Waals surface area contributed by atoms with Crippen LogP contribution in [0.2, 0.25) is 0 Å². The SMILES string of the molecule is CCCc1ccc(C2=CC=C(C3CCC(CCC)CC3)C(F)(F)C2(F)F)cc1. The second-order valence-electron chi connectivity index (χ2n) is 8.30. The largest absolute Gasteiger partial charge is 0.339 e. The Balaban J connectivity index is 1.86. The molecule has 0 atom stereocenters. The van der Waals surface area contributed by atoms with Crippen molar-refractivity contribution in [2.45, 2.75) is 77.1 Å². The molecule has 0 unspecified atom stereocenters. The van der Waals surface area contributed by atoms with E-state index in [1.807, 2.05) is 6.92 Å². The van der Waals surface area contributed by atoms with Gasteiger partial charge in [0, 0.05) is 11.1 Å². The number of rotatable bonds is 6. The van der Waals surface area contributed by atoms with E-state index in [-0.39, 0.29) is 11.1 Å². The van der Waals surface area contributed by atoms with Crippen molar-refractivity contribution in [1.29, 1.82) is 0 Å². The van der Waals surface area contributed by atoms with Crippen LogP contribution in [0.5, 0.6) is 0 Å². The number of hydrogen-bond acceptors (Lipinski definition) is 0. The number of halogens is 4. The standard InChI is InChI=1S/C24H30F4/c1-3-5-17-7-11-19(12-8-17)21-15-16-22(24(27,28)23(21,25)26)20-13-9-18(6-4-2)10-14-20/h7-8,11-12,15-16,18,20H,3-6,9-10,13-14H2,1-2H3. The third-order valence-corrected chi connectivity index (χ3v) is 6.31. The summed E-state index contributed by atoms with van der Waals surface area (Å²) < 4.78 is 59.8. The van der Waals surface area contributed by atoms with Gasteiger partial charge in [0.2, 0.25) is 0 Å². The molecule has 2 aliphatic carbocycles. The van der Waals surface area contributed by atoms with Crippen LogP contribution in [0.3, 0.4) is 0 Å². The third kappa shape index (κ3) is 3.92. The molecule has 1 fully saturated rings. The van der Waals surface area contributed by atoms with Crippen molar-refractivity contribution in [3.8, 4) is 0 Å². The van der Waals surface area contributed by atoms with Crippen LogP contribution in [-0.4, -0.2) is 11.8 Å². The van der Waals surface area contributed by atoms with Crippen LogP contribution >= 0.6 is 0 Å². The molecule has 0 radical (unpaired) electrons. The van der Waals surface area contributed by atoms with E-state index in [2.05, 4.69) is 6.92 Å². The molecule has 154 valence electrons. The Morgan fingerprint density at radius 2 is 1.46 bits per heavy atom. The Morgan fingerprint density at radius 1 is 0.821 bits per heavy atom. The molecule has 28 heavy (non-hydrogen) atoms. The Kier molecular flexibility index (Phi) is 6.36. The Hall–Kier alpha value is -1.58. The zero-order valence-electron chi connectivity index (χ0n) is 16.8. The van der Waals surface area contributed by atoms with Crippen LogP contribution in [0.15, 0.2) is 42.0 Å². The van der Waals surface area contributed by atoms with Crippen LogP contribution in [0.25, 0.3) is 5.57 Å². The van der Waals surface area contributed by atoms with Crippen LogP contribution in [0.1, 0.15) is 69.9 Å². The third-order valence-electron chi connectivity index (χ3n) is 6.31. The monoisotopic (exact) mass is 394 g/mol. The number of benzene rings is 1. The lowest BCUT2D eigenvalue weighted by Crippen LogP contribution is -2.46. The van der Waals surface area contributed by atoms with Gasteiger partial charge in [0.25, 0.3) is 0 Å². The van der Waals surface area contributed by atoms with Crippen molar-refractivity contribution in [2.24, 2.45) is 11.8 Å². The highest BCUT2D eigenvalue weighted by Gasteiger charge is 2.63. The van der Waals surface area contributed by atoms with Gasteiger partial charge < -0.3 is 0 Å². The minimum absolute atomic E-state index is 0.173. The summed E-state index contributed by atoms with van der Waals surface area (Å²) >= 11 is 0. The van der Waals surface area contributed by atoms with Crippen molar-refractivity contribution in [3.05, 3.63) is 53.1 Å². The van der Waals surface area contributed by atoms with E-state index in [1.54, 1.807) is 12.1 Å². The Labute approximate surface area is 165 Å². The summed E-state index contributed by atoms with van der Waals surface area (Å²) in [5.74, 6) is -8.23. The Morgan fingerprint density at radius 3 is 2.04 bits per heavy atom. The van der Waals surface area contributed by atoms with E-state index in [9.17, 15) is 17.6 Å². The van der Waals surface area contributed by atoms with Crippen molar-refractivity contribution >= 4 is 5.57 Å². The molecule has 0 saturated heterocycles. The first kappa shape index (κ1) is 21.1. The molecule has 0 heterocycles. The second kappa shape index (κ2) is 8.42. The van der Waals surface area contributed by atoms with Gasteiger partial charge >= 0.3 is 11.8 Å². The van der Waals surface area contributed by atoms with E-state index in [1.165, 1.54) is 24.3 Å². The zero-order valence-corrected chi connectivity index (χ0v) is 16.8. The first-order valence-corrected chi connectivity index (χ1v) is 10.6. The van der Waals surface area contributed by atoms with E-state index >= 15 is 0 Å². The molecule has 0 N–H and O–H groups in total. The fraction of sp³-hybridized carbons (Fsp3) is 0.583. The smallest absolute Gasteiger partial charge is 0.194 e. The summed E-state index contributed by atoms with van der Waals surface area (Å²) in [5, 5.41) is 0. The maximum absolute atomic E-state index is 15.0. The summed E-state index contributed by atoms with van der Waals surface area (Å²) in [6, 6.07) is 6.58. The predicted molar refractivity (Wildman–Crippen MR) is 107 cm³/mol. The number of allylic oxidation sites excluding steroid dienone is 4. The maximum atomic E-state index is 15.0. The van der Waals surface area contributed by atoms with Gasteiger partial charge in [0.15, 0.2) is 0 Å². The fourth-order valence-corrected chi connectivity index (χ4v) is 4.71. The molecule has 0 aromatic heterocycles. The highest BCUT2D eigenvalue weighted by atomic mass is 19.3. The van der Waals surface area contributed by atoms with E-state index in [4.69, 9.17) is 0 Å². The van der Waals surface area contributed by atoms with Crippen LogP contribution in [0.4, 0.5) is 17.6 Å². The fourth-order valence-electron chi connectivity index (χ4n) is 4.71. The van der Waals surface area contributed by atoms with Crippen molar-refractivity contribution < 1.29 is 17.6 Å². The molecule has 2 aliphatic rings. The topological polar surface area (TPSA) is 0 Å². The van der Waals surface area contributed by atoms with Gasteiger partial charge in [-0.2, -0.15) is 17.6 Å². The van der Waals surface area contributed by atoms with E-state index in [0.29, 0.717) is 18.8 Å². The maximum Gasteiger partial charge on any atom is 0.339 e. The van der Waals surface area contributed by atoms with E-state index in [0.717, 1.165) is 44.1 Å². The number of alkyl halides is 4. The molecule has 4 heteroatoms. The molecule has 1 saturated carbocycles. The average molecular weight is 394 g/mol. The van der Waals surface area contributed by atoms with Gasteiger partial charge in [-0.25, -0.2) is 0 Å². The molecule has 3 rings (SSSR count). The normalized spacial score (nSPS) is 26.5. The summed E-state index contributed by atoms with van der Waals surface area (Å²) in [7, 11) is 0. The minimum atomic E-state index is -4.19. The second-order valence-corrected chi connectivity index (χ2v) is 8.30. The van der Waals surface area contributed by atoms with Gasteiger partial charge in [-0.3, -0.25) is 0 Å². The molecule has 0 aliphatic heterocycles. The molecule has 0 nitrogen and oxygen atoms in total. The van der Waals surface area contributed by atoms with Gasteiger partial charge in [-0.1, -0.05) is 69.5 Å². The quantitative estimate of drug-likeness (QED) is 0.431. The van der Waals surface area contributed by atoms with Crippen LogP contribution < -0.4 is 0 Å². The highest BCUT2D eigenvalue weighted by Crippen LogP contribution is 2.54. The molecule has 0 amide bonds. The molecule has 1 aromatic carbocycles. The van der Waals surface area contributed by atoms with Crippen molar-refractivity contribution in [2.75, 3.05) is 0 Å². The molecular formula is C24H30F4. The summed E-state index contributed by atoms with van der Waals surface area (Å²) in [4.78, 5) is 0. The lowest BCUT2D eigenvalue weighted by molar-refractivity contribution is -0.154. The predicted octanol–water partition coefficient (Wildman–Crippen LogP) is 7.84. The molecular weight excluding hydrogens is 364 g/mol. The van der Waals surface area contributed by atoms with Gasteiger partial charge in [-0.15, -0.1) is 0 Å².